The van der Waals surface area contributed by atoms with Crippen LogP contribution in [0.4, 0.5) is 5.69 Å². The standard InChI is InChI=1S/C17H15N3O4S/c1-3-4-17-18-15-11-13(20(21)22)7-10-16(15)19(17)25(23,24)14-8-5-12(2)6-9-14/h3-11H,1-2H3/b4-3+. The molecule has 8 heteroatoms. The molecule has 0 aliphatic heterocycles. The Hall–Kier alpha value is -3.00. The topological polar surface area (TPSA) is 95.1 Å². The average molecular weight is 357 g/mol. The first kappa shape index (κ1) is 16.8. The Morgan fingerprint density at radius 3 is 2.44 bits per heavy atom. The highest BCUT2D eigenvalue weighted by molar-refractivity contribution is 7.90. The molecule has 0 unspecified atom stereocenters. The van der Waals surface area contributed by atoms with Gasteiger partial charge in [-0.1, -0.05) is 23.8 Å². The minimum Gasteiger partial charge on any atom is -0.258 e. The van der Waals surface area contributed by atoms with E-state index in [1.807, 2.05) is 6.92 Å². The lowest BCUT2D eigenvalue weighted by Gasteiger charge is -2.09. The summed E-state index contributed by atoms with van der Waals surface area (Å²) in [7, 11) is -3.89. The molecule has 1 heterocycles. The lowest BCUT2D eigenvalue weighted by molar-refractivity contribution is -0.384. The molecular formula is C17H15N3O4S. The van der Waals surface area contributed by atoms with Gasteiger partial charge in [-0.15, -0.1) is 0 Å². The van der Waals surface area contributed by atoms with Crippen molar-refractivity contribution in [2.45, 2.75) is 18.7 Å². The first-order valence-corrected chi connectivity index (χ1v) is 8.90. The summed E-state index contributed by atoms with van der Waals surface area (Å²) in [4.78, 5) is 14.8. The SMILES string of the molecule is C/C=C/c1nc2cc([N+](=O)[O-])ccc2n1S(=O)(=O)c1ccc(C)cc1. The molecule has 3 rings (SSSR count). The monoisotopic (exact) mass is 357 g/mol. The molecular weight excluding hydrogens is 342 g/mol. The van der Waals surface area contributed by atoms with Crippen molar-refractivity contribution >= 4 is 32.8 Å². The lowest BCUT2D eigenvalue weighted by Crippen LogP contribution is -2.14. The van der Waals surface area contributed by atoms with E-state index in [1.54, 1.807) is 31.2 Å². The number of nitro benzene ring substituents is 1. The van der Waals surface area contributed by atoms with Gasteiger partial charge < -0.3 is 0 Å². The molecule has 0 aliphatic rings. The number of benzene rings is 2. The third-order valence-corrected chi connectivity index (χ3v) is 5.44. The maximum atomic E-state index is 13.1. The van der Waals surface area contributed by atoms with E-state index in [1.165, 1.54) is 30.3 Å². The van der Waals surface area contributed by atoms with Crippen LogP contribution in [0.3, 0.4) is 0 Å². The normalized spacial score (nSPS) is 12.1. The summed E-state index contributed by atoms with van der Waals surface area (Å²) in [6.07, 6.45) is 3.22. The Morgan fingerprint density at radius 2 is 1.84 bits per heavy atom. The van der Waals surface area contributed by atoms with Crippen LogP contribution in [0, 0.1) is 17.0 Å². The molecule has 0 radical (unpaired) electrons. The molecule has 0 spiro atoms. The lowest BCUT2D eigenvalue weighted by atomic mass is 10.2. The van der Waals surface area contributed by atoms with E-state index in [-0.39, 0.29) is 21.9 Å². The van der Waals surface area contributed by atoms with Crippen molar-refractivity contribution in [3.63, 3.8) is 0 Å². The van der Waals surface area contributed by atoms with Gasteiger partial charge in [0.25, 0.3) is 15.7 Å². The van der Waals surface area contributed by atoms with E-state index >= 15 is 0 Å². The molecule has 0 saturated heterocycles. The largest absolute Gasteiger partial charge is 0.271 e. The molecule has 0 saturated carbocycles. The maximum Gasteiger partial charge on any atom is 0.271 e. The van der Waals surface area contributed by atoms with Gasteiger partial charge >= 0.3 is 0 Å². The smallest absolute Gasteiger partial charge is 0.258 e. The van der Waals surface area contributed by atoms with Gasteiger partial charge in [-0.25, -0.2) is 17.4 Å². The van der Waals surface area contributed by atoms with Gasteiger partial charge in [0.2, 0.25) is 0 Å². The van der Waals surface area contributed by atoms with E-state index < -0.39 is 14.9 Å². The number of nitro groups is 1. The molecule has 0 fully saturated rings. The highest BCUT2D eigenvalue weighted by Crippen LogP contribution is 2.27. The Labute approximate surface area is 144 Å². The molecule has 0 amide bonds. The average Bonchev–Trinajstić information content (AvgIpc) is 2.93. The first-order valence-electron chi connectivity index (χ1n) is 7.46. The molecule has 7 nitrogen and oxygen atoms in total. The summed E-state index contributed by atoms with van der Waals surface area (Å²) in [6.45, 7) is 3.61. The number of hydrogen-bond acceptors (Lipinski definition) is 5. The van der Waals surface area contributed by atoms with Crippen molar-refractivity contribution in [1.82, 2.24) is 8.96 Å². The molecule has 25 heavy (non-hydrogen) atoms. The van der Waals surface area contributed by atoms with Crippen LogP contribution >= 0.6 is 0 Å². The van der Waals surface area contributed by atoms with Gasteiger partial charge in [0.1, 0.15) is 5.82 Å². The zero-order valence-corrected chi connectivity index (χ0v) is 14.4. The van der Waals surface area contributed by atoms with Crippen LogP contribution in [0.25, 0.3) is 17.1 Å². The van der Waals surface area contributed by atoms with Gasteiger partial charge in [-0.2, -0.15) is 0 Å². The number of nitrogens with zero attached hydrogens (tertiary/aromatic N) is 3. The van der Waals surface area contributed by atoms with Crippen LogP contribution in [-0.2, 0) is 10.0 Å². The quantitative estimate of drug-likeness (QED) is 0.526. The van der Waals surface area contributed by atoms with Crippen LogP contribution in [0.5, 0.6) is 0 Å². The predicted octanol–water partition coefficient (Wildman–Crippen LogP) is 3.52. The van der Waals surface area contributed by atoms with Crippen LogP contribution in [0.2, 0.25) is 0 Å². The second kappa shape index (κ2) is 6.14. The van der Waals surface area contributed by atoms with Crippen LogP contribution < -0.4 is 0 Å². The fraction of sp³-hybridized carbons (Fsp3) is 0.118. The van der Waals surface area contributed by atoms with Crippen molar-refractivity contribution in [3.05, 3.63) is 70.0 Å². The van der Waals surface area contributed by atoms with Crippen LogP contribution in [-0.4, -0.2) is 22.3 Å². The number of allylic oxidation sites excluding steroid dienone is 1. The molecule has 0 atom stereocenters. The highest BCUT2D eigenvalue weighted by atomic mass is 32.2. The van der Waals surface area contributed by atoms with Crippen molar-refractivity contribution in [2.24, 2.45) is 0 Å². The van der Waals surface area contributed by atoms with Crippen molar-refractivity contribution in [3.8, 4) is 0 Å². The number of fused-ring (bicyclic) bond motifs is 1. The predicted molar refractivity (Wildman–Crippen MR) is 94.9 cm³/mol. The summed E-state index contributed by atoms with van der Waals surface area (Å²) in [6, 6.07) is 10.4. The Balaban J connectivity index is 2.31. The molecule has 1 aromatic heterocycles. The zero-order chi connectivity index (χ0) is 18.2. The Bertz CT molecular complexity index is 1100. The second-order valence-corrected chi connectivity index (χ2v) is 7.27. The molecule has 0 N–H and O–H groups in total. The number of non-ortho nitro benzene ring substituents is 1. The van der Waals surface area contributed by atoms with E-state index in [0.717, 1.165) is 9.54 Å². The van der Waals surface area contributed by atoms with Crippen LogP contribution in [0.1, 0.15) is 18.3 Å². The maximum absolute atomic E-state index is 13.1. The summed E-state index contributed by atoms with van der Waals surface area (Å²) in [5, 5.41) is 11.0. The fourth-order valence-electron chi connectivity index (χ4n) is 2.50. The zero-order valence-electron chi connectivity index (χ0n) is 13.6. The van der Waals surface area contributed by atoms with E-state index in [2.05, 4.69) is 4.98 Å². The van der Waals surface area contributed by atoms with E-state index in [0.29, 0.717) is 5.52 Å². The third-order valence-electron chi connectivity index (χ3n) is 3.71. The molecule has 2 aromatic carbocycles. The number of hydrogen-bond donors (Lipinski definition) is 0. The second-order valence-electron chi connectivity index (χ2n) is 5.48. The number of rotatable bonds is 4. The van der Waals surface area contributed by atoms with Gasteiger partial charge in [0.05, 0.1) is 20.9 Å². The van der Waals surface area contributed by atoms with E-state index in [9.17, 15) is 18.5 Å². The van der Waals surface area contributed by atoms with Gasteiger partial charge in [0, 0.05) is 12.1 Å². The van der Waals surface area contributed by atoms with Gasteiger partial charge in [-0.05, 0) is 38.1 Å². The summed E-state index contributed by atoms with van der Waals surface area (Å²) >= 11 is 0. The van der Waals surface area contributed by atoms with Gasteiger partial charge in [-0.3, -0.25) is 10.1 Å². The molecule has 3 aromatic rings. The fourth-order valence-corrected chi connectivity index (χ4v) is 3.95. The molecule has 0 bridgehead atoms. The minimum absolute atomic E-state index is 0.126. The summed E-state index contributed by atoms with van der Waals surface area (Å²) in [5.41, 5.74) is 1.34. The molecule has 128 valence electrons. The number of imidazole rings is 1. The van der Waals surface area contributed by atoms with Crippen molar-refractivity contribution in [1.29, 1.82) is 0 Å². The number of aryl methyl sites for hydroxylation is 1. The minimum atomic E-state index is -3.89. The Kier molecular flexibility index (Phi) is 4.13. The first-order chi connectivity index (χ1) is 11.8. The summed E-state index contributed by atoms with van der Waals surface area (Å²) < 4.78 is 27.3. The van der Waals surface area contributed by atoms with Crippen molar-refractivity contribution in [2.75, 3.05) is 0 Å². The highest BCUT2D eigenvalue weighted by Gasteiger charge is 2.24. The third kappa shape index (κ3) is 2.91. The van der Waals surface area contributed by atoms with E-state index in [4.69, 9.17) is 0 Å². The molecule has 0 aliphatic carbocycles. The van der Waals surface area contributed by atoms with Gasteiger partial charge in [0.15, 0.2) is 0 Å². The number of aromatic nitrogens is 2. The van der Waals surface area contributed by atoms with Crippen LogP contribution in [0.15, 0.2) is 53.4 Å². The summed E-state index contributed by atoms with van der Waals surface area (Å²) in [5.74, 6) is 0.193. The Morgan fingerprint density at radius 1 is 1.16 bits per heavy atom. The van der Waals surface area contributed by atoms with Crippen molar-refractivity contribution < 1.29 is 13.3 Å².